The maximum atomic E-state index is 12.3. The van der Waals surface area contributed by atoms with Crippen molar-refractivity contribution in [1.82, 2.24) is 5.32 Å². The third-order valence-corrected chi connectivity index (χ3v) is 3.56. The number of nitrogens with one attached hydrogen (secondary N) is 2. The summed E-state index contributed by atoms with van der Waals surface area (Å²) in [7, 11) is 0. The Kier molecular flexibility index (Phi) is 6.88. The summed E-state index contributed by atoms with van der Waals surface area (Å²) in [5, 5.41) is 14.1. The van der Waals surface area contributed by atoms with E-state index in [9.17, 15) is 19.6 Å². The molecule has 2 rings (SSSR count). The number of amides is 2. The first-order valence-electron chi connectivity index (χ1n) is 8.30. The number of ether oxygens (including phenoxy) is 1. The van der Waals surface area contributed by atoms with Gasteiger partial charge in [-0.25, -0.2) is 4.79 Å². The van der Waals surface area contributed by atoms with Crippen LogP contribution in [-0.4, -0.2) is 24.4 Å². The summed E-state index contributed by atoms with van der Waals surface area (Å²) in [6.45, 7) is 1.85. The van der Waals surface area contributed by atoms with Crippen LogP contribution >= 0.6 is 0 Å². The minimum Gasteiger partial charge on any atom is -0.462 e. The van der Waals surface area contributed by atoms with Gasteiger partial charge < -0.3 is 21.1 Å². The average molecular weight is 378 g/mol. The second-order valence-corrected chi connectivity index (χ2v) is 5.49. The highest BCUT2D eigenvalue weighted by Crippen LogP contribution is 2.17. The topological polar surface area (TPSA) is 134 Å². The quantitative estimate of drug-likeness (QED) is 0.305. The largest absolute Gasteiger partial charge is 0.462 e. The highest BCUT2D eigenvalue weighted by atomic mass is 16.5. The number of carbonyl (C=O) groups excluding carboxylic acids is 3. The average Bonchev–Trinajstić information content (AvgIpc) is 2.69. The Hall–Kier alpha value is -4.12. The van der Waals surface area contributed by atoms with E-state index in [-0.39, 0.29) is 23.4 Å². The minimum absolute atomic E-state index is 0.154. The van der Waals surface area contributed by atoms with Gasteiger partial charge in [-0.2, -0.15) is 5.26 Å². The molecule has 0 spiro atoms. The van der Waals surface area contributed by atoms with E-state index in [1.165, 1.54) is 24.3 Å². The van der Waals surface area contributed by atoms with Crippen molar-refractivity contribution in [3.05, 3.63) is 71.4 Å². The van der Waals surface area contributed by atoms with Crippen LogP contribution in [0.3, 0.4) is 0 Å². The van der Waals surface area contributed by atoms with Gasteiger partial charge in [0.2, 0.25) is 0 Å². The Labute approximate surface area is 161 Å². The molecule has 0 aliphatic carbocycles. The van der Waals surface area contributed by atoms with Crippen molar-refractivity contribution in [2.75, 3.05) is 17.7 Å². The molecule has 4 N–H and O–H groups in total. The zero-order valence-corrected chi connectivity index (χ0v) is 15.1. The number of rotatable bonds is 6. The summed E-state index contributed by atoms with van der Waals surface area (Å²) in [6.07, 6.45) is 1.00. The Morgan fingerprint density at radius 2 is 1.82 bits per heavy atom. The molecule has 0 aromatic heterocycles. The maximum Gasteiger partial charge on any atom is 0.340 e. The highest BCUT2D eigenvalue weighted by Gasteiger charge is 2.16. The van der Waals surface area contributed by atoms with Crippen LogP contribution < -0.4 is 16.4 Å². The Morgan fingerprint density at radius 3 is 2.46 bits per heavy atom. The summed E-state index contributed by atoms with van der Waals surface area (Å²) < 4.78 is 4.94. The molecule has 2 amide bonds. The fourth-order valence-corrected chi connectivity index (χ4v) is 2.17. The van der Waals surface area contributed by atoms with Crippen molar-refractivity contribution < 1.29 is 19.1 Å². The number of nitriles is 1. The Bertz CT molecular complexity index is 959. The van der Waals surface area contributed by atoms with Gasteiger partial charge >= 0.3 is 5.97 Å². The van der Waals surface area contributed by atoms with Crippen LogP contribution in [0.4, 0.5) is 11.4 Å². The monoisotopic (exact) mass is 378 g/mol. The van der Waals surface area contributed by atoms with Gasteiger partial charge in [-0.3, -0.25) is 9.59 Å². The molecule has 142 valence electrons. The third kappa shape index (κ3) is 5.19. The van der Waals surface area contributed by atoms with Gasteiger partial charge in [0, 0.05) is 17.5 Å². The lowest BCUT2D eigenvalue weighted by Gasteiger charge is -2.10. The molecule has 0 saturated carbocycles. The number of carbonyl (C=O) groups is 3. The van der Waals surface area contributed by atoms with E-state index in [0.29, 0.717) is 11.3 Å². The molecule has 28 heavy (non-hydrogen) atoms. The van der Waals surface area contributed by atoms with Crippen molar-refractivity contribution in [2.24, 2.45) is 0 Å². The number of nitrogens with zero attached hydrogens (tertiary/aromatic N) is 1. The van der Waals surface area contributed by atoms with Gasteiger partial charge in [0.05, 0.1) is 17.9 Å². The molecule has 8 nitrogen and oxygen atoms in total. The van der Waals surface area contributed by atoms with Gasteiger partial charge in [-0.05, 0) is 43.3 Å². The molecule has 0 unspecified atom stereocenters. The van der Waals surface area contributed by atoms with Crippen LogP contribution in [0.15, 0.2) is 60.3 Å². The molecular formula is C20H18N4O4. The molecule has 0 bridgehead atoms. The number of benzene rings is 2. The molecular weight excluding hydrogens is 360 g/mol. The number of esters is 1. The first kappa shape index (κ1) is 20.2. The molecule has 0 aliphatic rings. The molecule has 0 aliphatic heterocycles. The van der Waals surface area contributed by atoms with Crippen LogP contribution in [0.25, 0.3) is 0 Å². The number of hydrogen-bond donors (Lipinski definition) is 3. The summed E-state index contributed by atoms with van der Waals surface area (Å²) in [5.74, 6) is -1.89. The molecule has 2 aromatic rings. The summed E-state index contributed by atoms with van der Waals surface area (Å²) in [4.78, 5) is 36.4. The number of para-hydroxylation sites is 1. The first-order chi connectivity index (χ1) is 13.5. The number of hydrogen-bond acceptors (Lipinski definition) is 6. The van der Waals surface area contributed by atoms with Crippen LogP contribution in [0.2, 0.25) is 0 Å². The molecule has 0 atom stereocenters. The van der Waals surface area contributed by atoms with Crippen molar-refractivity contribution in [2.45, 2.75) is 6.92 Å². The molecule has 2 aromatic carbocycles. The van der Waals surface area contributed by atoms with Crippen LogP contribution in [0.5, 0.6) is 0 Å². The number of nitrogens with two attached hydrogens (primary N) is 1. The van der Waals surface area contributed by atoms with E-state index in [1.54, 1.807) is 37.3 Å². The normalized spacial score (nSPS) is 10.5. The van der Waals surface area contributed by atoms with E-state index in [1.807, 2.05) is 0 Å². The lowest BCUT2D eigenvalue weighted by atomic mass is 10.1. The van der Waals surface area contributed by atoms with Crippen LogP contribution in [0, 0.1) is 11.3 Å². The van der Waals surface area contributed by atoms with Gasteiger partial charge in [0.15, 0.2) is 0 Å². The fourth-order valence-electron chi connectivity index (χ4n) is 2.17. The van der Waals surface area contributed by atoms with Gasteiger partial charge in [-0.1, -0.05) is 12.1 Å². The van der Waals surface area contributed by atoms with Crippen molar-refractivity contribution >= 4 is 29.2 Å². The maximum absolute atomic E-state index is 12.3. The van der Waals surface area contributed by atoms with Gasteiger partial charge in [-0.15, -0.1) is 0 Å². The molecule has 0 fully saturated rings. The molecule has 0 radical (unpaired) electrons. The van der Waals surface area contributed by atoms with E-state index in [4.69, 9.17) is 10.5 Å². The van der Waals surface area contributed by atoms with E-state index >= 15 is 0 Å². The van der Waals surface area contributed by atoms with E-state index < -0.39 is 17.8 Å². The molecule has 0 saturated heterocycles. The first-order valence-corrected chi connectivity index (χ1v) is 8.30. The molecule has 8 heteroatoms. The minimum atomic E-state index is -0.781. The summed E-state index contributed by atoms with van der Waals surface area (Å²) in [5.41, 5.74) is 6.38. The standard InChI is InChI=1S/C20H18N4O4/c1-2-28-20(27)16-5-3-4-6-17(16)24-19(26)14(11-21)12-23-18(25)13-7-9-15(22)10-8-13/h3-10,12H,2,22H2,1H3,(H,23,25)(H,24,26)/b14-12-. The Balaban J connectivity index is 2.13. The third-order valence-electron chi connectivity index (χ3n) is 3.56. The smallest absolute Gasteiger partial charge is 0.340 e. The highest BCUT2D eigenvalue weighted by molar-refractivity contribution is 6.10. The van der Waals surface area contributed by atoms with Crippen molar-refractivity contribution in [3.8, 4) is 6.07 Å². The van der Waals surface area contributed by atoms with E-state index in [2.05, 4.69) is 10.6 Å². The SMILES string of the molecule is CCOC(=O)c1ccccc1NC(=O)/C(C#N)=C\NC(=O)c1ccc(N)cc1. The summed E-state index contributed by atoms with van der Waals surface area (Å²) in [6, 6.07) is 14.1. The zero-order chi connectivity index (χ0) is 20.5. The Morgan fingerprint density at radius 1 is 1.14 bits per heavy atom. The predicted molar refractivity (Wildman–Crippen MR) is 103 cm³/mol. The van der Waals surface area contributed by atoms with Crippen molar-refractivity contribution in [3.63, 3.8) is 0 Å². The second kappa shape index (κ2) is 9.54. The number of nitrogen functional groups attached to an aromatic ring is 1. The second-order valence-electron chi connectivity index (χ2n) is 5.49. The van der Waals surface area contributed by atoms with Crippen molar-refractivity contribution in [1.29, 1.82) is 5.26 Å². The van der Waals surface area contributed by atoms with E-state index in [0.717, 1.165) is 6.20 Å². The van der Waals surface area contributed by atoms with Gasteiger partial charge in [0.1, 0.15) is 11.6 Å². The lowest BCUT2D eigenvalue weighted by molar-refractivity contribution is -0.112. The molecule has 0 heterocycles. The number of anilines is 2. The summed E-state index contributed by atoms with van der Waals surface area (Å²) >= 11 is 0. The van der Waals surface area contributed by atoms with Crippen LogP contribution in [0.1, 0.15) is 27.6 Å². The van der Waals surface area contributed by atoms with Gasteiger partial charge in [0.25, 0.3) is 11.8 Å². The van der Waals surface area contributed by atoms with Crippen LogP contribution in [-0.2, 0) is 9.53 Å². The predicted octanol–water partition coefficient (Wildman–Crippen LogP) is 2.22. The fraction of sp³-hybridized carbons (Fsp3) is 0.100. The zero-order valence-electron chi connectivity index (χ0n) is 15.1. The lowest BCUT2D eigenvalue weighted by Crippen LogP contribution is -2.22.